The van der Waals surface area contributed by atoms with Gasteiger partial charge in [-0.2, -0.15) is 0 Å². The molecular formula is C9H9F2NO2. The third kappa shape index (κ3) is 2.48. The molecule has 0 aliphatic rings. The number of benzene rings is 1. The van der Waals surface area contributed by atoms with E-state index in [1.165, 1.54) is 24.3 Å². The SMILES string of the molecule is O=[N+]([O-])c1ccc(C(F)CCF)cc1. The number of rotatable bonds is 4. The van der Waals surface area contributed by atoms with E-state index < -0.39 is 17.8 Å². The molecule has 0 aromatic heterocycles. The molecule has 0 amide bonds. The largest absolute Gasteiger partial charge is 0.269 e. The van der Waals surface area contributed by atoms with E-state index in [-0.39, 0.29) is 17.7 Å². The Morgan fingerprint density at radius 1 is 1.36 bits per heavy atom. The van der Waals surface area contributed by atoms with Gasteiger partial charge >= 0.3 is 0 Å². The number of halogens is 2. The first-order chi connectivity index (χ1) is 6.65. The lowest BCUT2D eigenvalue weighted by atomic mass is 10.1. The van der Waals surface area contributed by atoms with Crippen LogP contribution in [0.5, 0.6) is 0 Å². The Morgan fingerprint density at radius 2 is 1.93 bits per heavy atom. The fourth-order valence-electron chi connectivity index (χ4n) is 1.07. The van der Waals surface area contributed by atoms with Crippen molar-refractivity contribution in [3.8, 4) is 0 Å². The third-order valence-electron chi connectivity index (χ3n) is 1.83. The number of alkyl halides is 2. The molecule has 0 fully saturated rings. The Hall–Kier alpha value is -1.52. The molecule has 14 heavy (non-hydrogen) atoms. The minimum absolute atomic E-state index is 0.0961. The lowest BCUT2D eigenvalue weighted by molar-refractivity contribution is -0.384. The van der Waals surface area contributed by atoms with Gasteiger partial charge in [-0.1, -0.05) is 0 Å². The fourth-order valence-corrected chi connectivity index (χ4v) is 1.07. The van der Waals surface area contributed by atoms with E-state index in [1.807, 2.05) is 0 Å². The Balaban J connectivity index is 2.77. The van der Waals surface area contributed by atoms with Crippen LogP contribution >= 0.6 is 0 Å². The number of nitro benzene ring substituents is 1. The highest BCUT2D eigenvalue weighted by Crippen LogP contribution is 2.23. The van der Waals surface area contributed by atoms with E-state index in [0.29, 0.717) is 0 Å². The standard InChI is InChI=1S/C9H9F2NO2/c10-6-5-9(11)7-1-3-8(4-2-7)12(13)14/h1-4,9H,5-6H2. The van der Waals surface area contributed by atoms with E-state index in [0.717, 1.165) is 0 Å². The van der Waals surface area contributed by atoms with E-state index in [9.17, 15) is 18.9 Å². The number of hydrogen-bond donors (Lipinski definition) is 0. The fraction of sp³-hybridized carbons (Fsp3) is 0.333. The molecule has 0 N–H and O–H groups in total. The maximum absolute atomic E-state index is 13.1. The second kappa shape index (κ2) is 4.64. The lowest BCUT2D eigenvalue weighted by Gasteiger charge is -2.04. The van der Waals surface area contributed by atoms with Crippen molar-refractivity contribution < 1.29 is 13.7 Å². The summed E-state index contributed by atoms with van der Waals surface area (Å²) in [5.74, 6) is 0. The summed E-state index contributed by atoms with van der Waals surface area (Å²) in [6.07, 6.45) is -1.60. The van der Waals surface area contributed by atoms with Crippen molar-refractivity contribution in [2.45, 2.75) is 12.6 Å². The van der Waals surface area contributed by atoms with E-state index in [4.69, 9.17) is 0 Å². The molecule has 0 aliphatic heterocycles. The van der Waals surface area contributed by atoms with Gasteiger partial charge in [-0.25, -0.2) is 4.39 Å². The molecule has 5 heteroatoms. The Kier molecular flexibility index (Phi) is 3.50. The second-order valence-corrected chi connectivity index (χ2v) is 2.79. The lowest BCUT2D eigenvalue weighted by Crippen LogP contribution is -1.94. The van der Waals surface area contributed by atoms with Crippen molar-refractivity contribution in [1.29, 1.82) is 0 Å². The molecule has 1 aromatic carbocycles. The van der Waals surface area contributed by atoms with Gasteiger partial charge < -0.3 is 0 Å². The highest BCUT2D eigenvalue weighted by Gasteiger charge is 2.11. The predicted molar refractivity (Wildman–Crippen MR) is 47.5 cm³/mol. The van der Waals surface area contributed by atoms with Crippen LogP contribution in [0.25, 0.3) is 0 Å². The van der Waals surface area contributed by atoms with Gasteiger partial charge in [0.05, 0.1) is 11.6 Å². The van der Waals surface area contributed by atoms with Crippen LogP contribution in [0.3, 0.4) is 0 Å². The maximum Gasteiger partial charge on any atom is 0.269 e. The molecule has 1 aromatic rings. The molecule has 0 aliphatic carbocycles. The highest BCUT2D eigenvalue weighted by molar-refractivity contribution is 5.33. The molecule has 0 radical (unpaired) electrons. The summed E-state index contributed by atoms with van der Waals surface area (Å²) in [6, 6.07) is 5.03. The predicted octanol–water partition coefficient (Wildman–Crippen LogP) is 2.97. The molecule has 0 bridgehead atoms. The van der Waals surface area contributed by atoms with Crippen LogP contribution in [0, 0.1) is 10.1 Å². The van der Waals surface area contributed by atoms with Gasteiger partial charge in [0, 0.05) is 18.6 Å². The van der Waals surface area contributed by atoms with Gasteiger partial charge in [0.15, 0.2) is 0 Å². The van der Waals surface area contributed by atoms with Crippen LogP contribution in [0.15, 0.2) is 24.3 Å². The quantitative estimate of drug-likeness (QED) is 0.555. The zero-order valence-electron chi connectivity index (χ0n) is 7.32. The van der Waals surface area contributed by atoms with E-state index >= 15 is 0 Å². The summed E-state index contributed by atoms with van der Waals surface area (Å²) in [7, 11) is 0. The van der Waals surface area contributed by atoms with E-state index in [1.54, 1.807) is 0 Å². The van der Waals surface area contributed by atoms with Gasteiger partial charge in [0.2, 0.25) is 0 Å². The smallest absolute Gasteiger partial charge is 0.258 e. The Labute approximate surface area is 79.5 Å². The maximum atomic E-state index is 13.1. The average molecular weight is 201 g/mol. The molecule has 1 unspecified atom stereocenters. The number of hydrogen-bond acceptors (Lipinski definition) is 2. The summed E-state index contributed by atoms with van der Waals surface area (Å²) < 4.78 is 24.8. The van der Waals surface area contributed by atoms with Gasteiger partial charge in [0.1, 0.15) is 6.17 Å². The molecule has 0 saturated heterocycles. The summed E-state index contributed by atoms with van der Waals surface area (Å²) in [6.45, 7) is -0.738. The molecule has 1 rings (SSSR count). The second-order valence-electron chi connectivity index (χ2n) is 2.79. The number of nitrogens with zero attached hydrogens (tertiary/aromatic N) is 1. The van der Waals surface area contributed by atoms with Crippen molar-refractivity contribution in [3.05, 3.63) is 39.9 Å². The minimum Gasteiger partial charge on any atom is -0.258 e. The zero-order chi connectivity index (χ0) is 10.6. The van der Waals surface area contributed by atoms with Crippen molar-refractivity contribution in [2.75, 3.05) is 6.67 Å². The first kappa shape index (κ1) is 10.6. The van der Waals surface area contributed by atoms with Crippen LogP contribution < -0.4 is 0 Å². The first-order valence-electron chi connectivity index (χ1n) is 4.09. The summed E-state index contributed by atoms with van der Waals surface area (Å²) in [4.78, 5) is 9.70. The van der Waals surface area contributed by atoms with Crippen LogP contribution in [0.1, 0.15) is 18.2 Å². The molecule has 0 heterocycles. The summed E-state index contributed by atoms with van der Waals surface area (Å²) in [5.41, 5.74) is 0.175. The molecule has 0 saturated carbocycles. The van der Waals surface area contributed by atoms with Crippen LogP contribution in [0.2, 0.25) is 0 Å². The normalized spacial score (nSPS) is 12.4. The van der Waals surface area contributed by atoms with E-state index in [2.05, 4.69) is 0 Å². The highest BCUT2D eigenvalue weighted by atomic mass is 19.1. The Bertz CT molecular complexity index is 313. The van der Waals surface area contributed by atoms with Crippen molar-refractivity contribution in [2.24, 2.45) is 0 Å². The van der Waals surface area contributed by atoms with Crippen LogP contribution in [0.4, 0.5) is 14.5 Å². The monoisotopic (exact) mass is 201 g/mol. The van der Waals surface area contributed by atoms with Gasteiger partial charge in [-0.3, -0.25) is 14.5 Å². The van der Waals surface area contributed by atoms with Crippen LogP contribution in [-0.2, 0) is 0 Å². The molecule has 76 valence electrons. The Morgan fingerprint density at radius 3 is 2.36 bits per heavy atom. The molecule has 3 nitrogen and oxygen atoms in total. The minimum atomic E-state index is -1.39. The third-order valence-corrected chi connectivity index (χ3v) is 1.83. The number of non-ortho nitro benzene ring substituents is 1. The van der Waals surface area contributed by atoms with Crippen molar-refractivity contribution in [1.82, 2.24) is 0 Å². The number of nitro groups is 1. The first-order valence-corrected chi connectivity index (χ1v) is 4.09. The van der Waals surface area contributed by atoms with Gasteiger partial charge in [-0.05, 0) is 17.7 Å². The summed E-state index contributed by atoms with van der Waals surface area (Å²) in [5, 5.41) is 10.3. The average Bonchev–Trinajstić information content (AvgIpc) is 2.18. The van der Waals surface area contributed by atoms with Gasteiger partial charge in [0.25, 0.3) is 5.69 Å². The zero-order valence-corrected chi connectivity index (χ0v) is 7.32. The molecule has 0 spiro atoms. The van der Waals surface area contributed by atoms with Crippen molar-refractivity contribution >= 4 is 5.69 Å². The topological polar surface area (TPSA) is 43.1 Å². The van der Waals surface area contributed by atoms with Gasteiger partial charge in [-0.15, -0.1) is 0 Å². The summed E-state index contributed by atoms with van der Waals surface area (Å²) >= 11 is 0. The van der Waals surface area contributed by atoms with Crippen molar-refractivity contribution in [3.63, 3.8) is 0 Å². The molecule has 1 atom stereocenters. The van der Waals surface area contributed by atoms with Crippen LogP contribution in [-0.4, -0.2) is 11.6 Å². The molecular weight excluding hydrogens is 192 g/mol.